The SMILES string of the molecule is CCOC(=O)[C@@]1(C)CN(C(=O)c2ccccc2)C/C1=N/Nc1ccccc1. The molecule has 0 saturated carbocycles. The number of hydrazone groups is 1. The molecule has 1 aliphatic rings. The Hall–Kier alpha value is -3.15. The fourth-order valence-electron chi connectivity index (χ4n) is 3.07. The molecular weight excluding hydrogens is 342 g/mol. The molecule has 27 heavy (non-hydrogen) atoms. The molecule has 6 heteroatoms. The number of nitrogens with one attached hydrogen (secondary N) is 1. The third kappa shape index (κ3) is 4.00. The van der Waals surface area contributed by atoms with Gasteiger partial charge < -0.3 is 9.64 Å². The zero-order valence-corrected chi connectivity index (χ0v) is 15.5. The van der Waals surface area contributed by atoms with E-state index in [9.17, 15) is 9.59 Å². The highest BCUT2D eigenvalue weighted by Gasteiger charge is 2.49. The summed E-state index contributed by atoms with van der Waals surface area (Å²) in [6.07, 6.45) is 0. The fraction of sp³-hybridized carbons (Fsp3) is 0.286. The van der Waals surface area contributed by atoms with E-state index in [1.807, 2.05) is 48.5 Å². The van der Waals surface area contributed by atoms with Gasteiger partial charge in [0.2, 0.25) is 0 Å². The van der Waals surface area contributed by atoms with E-state index in [2.05, 4.69) is 10.5 Å². The molecule has 140 valence electrons. The molecule has 6 nitrogen and oxygen atoms in total. The van der Waals surface area contributed by atoms with Crippen LogP contribution < -0.4 is 5.43 Å². The molecule has 0 spiro atoms. The number of anilines is 1. The number of benzene rings is 2. The van der Waals surface area contributed by atoms with Crippen molar-refractivity contribution in [1.29, 1.82) is 0 Å². The largest absolute Gasteiger partial charge is 0.465 e. The number of rotatable bonds is 5. The standard InChI is InChI=1S/C21H23N3O3/c1-3-27-20(26)21(2)15-24(19(25)16-10-6-4-7-11-16)14-18(21)23-22-17-12-8-5-9-13-17/h4-13,22H,3,14-15H2,1-2H3/b23-18-/t21-/m0/s1. The first-order valence-electron chi connectivity index (χ1n) is 8.94. The molecule has 0 aliphatic carbocycles. The first-order valence-corrected chi connectivity index (χ1v) is 8.94. The van der Waals surface area contributed by atoms with Crippen LogP contribution in [0.15, 0.2) is 65.8 Å². The van der Waals surface area contributed by atoms with Crippen LogP contribution >= 0.6 is 0 Å². The molecule has 1 heterocycles. The Morgan fingerprint density at radius 3 is 2.37 bits per heavy atom. The minimum atomic E-state index is -0.984. The monoisotopic (exact) mass is 365 g/mol. The molecule has 1 amide bonds. The van der Waals surface area contributed by atoms with Crippen molar-refractivity contribution in [2.24, 2.45) is 10.5 Å². The molecule has 1 saturated heterocycles. The predicted molar refractivity (Wildman–Crippen MR) is 105 cm³/mol. The Kier molecular flexibility index (Phi) is 5.54. The average molecular weight is 365 g/mol. The molecule has 2 aromatic carbocycles. The van der Waals surface area contributed by atoms with Crippen LogP contribution in [0, 0.1) is 5.41 Å². The summed E-state index contributed by atoms with van der Waals surface area (Å²) in [4.78, 5) is 27.1. The number of ether oxygens (including phenoxy) is 1. The average Bonchev–Trinajstić information content (AvgIpc) is 3.05. The lowest BCUT2D eigenvalue weighted by molar-refractivity contribution is -0.150. The molecule has 0 unspecified atom stereocenters. The van der Waals surface area contributed by atoms with Gasteiger partial charge in [0, 0.05) is 12.1 Å². The van der Waals surface area contributed by atoms with Crippen molar-refractivity contribution in [2.45, 2.75) is 13.8 Å². The molecule has 1 N–H and O–H groups in total. The van der Waals surface area contributed by atoms with Crippen molar-refractivity contribution in [3.63, 3.8) is 0 Å². The van der Waals surface area contributed by atoms with Crippen molar-refractivity contribution in [3.05, 3.63) is 66.2 Å². The van der Waals surface area contributed by atoms with Gasteiger partial charge in [-0.25, -0.2) is 0 Å². The number of para-hydroxylation sites is 1. The smallest absolute Gasteiger partial charge is 0.319 e. The molecule has 0 radical (unpaired) electrons. The molecule has 1 aliphatic heterocycles. The Bertz CT molecular complexity index is 836. The molecule has 1 atom stereocenters. The number of carbonyl (C=O) groups is 2. The summed E-state index contributed by atoms with van der Waals surface area (Å²) < 4.78 is 5.26. The summed E-state index contributed by atoms with van der Waals surface area (Å²) in [6.45, 7) is 4.31. The van der Waals surface area contributed by atoms with Gasteiger partial charge in [0.25, 0.3) is 5.91 Å². The van der Waals surface area contributed by atoms with Gasteiger partial charge in [-0.3, -0.25) is 15.0 Å². The van der Waals surface area contributed by atoms with E-state index in [0.717, 1.165) is 5.69 Å². The highest BCUT2D eigenvalue weighted by Crippen LogP contribution is 2.31. The molecule has 3 rings (SSSR count). The van der Waals surface area contributed by atoms with Crippen LogP contribution in [0.1, 0.15) is 24.2 Å². The predicted octanol–water partition coefficient (Wildman–Crippen LogP) is 3.18. The molecular formula is C21H23N3O3. The van der Waals surface area contributed by atoms with Gasteiger partial charge in [-0.15, -0.1) is 0 Å². The summed E-state index contributed by atoms with van der Waals surface area (Å²) in [5.74, 6) is -0.502. The van der Waals surface area contributed by atoms with E-state index in [-0.39, 0.29) is 31.6 Å². The highest BCUT2D eigenvalue weighted by atomic mass is 16.5. The van der Waals surface area contributed by atoms with E-state index in [1.54, 1.807) is 30.9 Å². The zero-order chi connectivity index (χ0) is 19.3. The highest BCUT2D eigenvalue weighted by molar-refractivity contribution is 6.12. The first kappa shape index (κ1) is 18.6. The summed E-state index contributed by atoms with van der Waals surface area (Å²) in [6, 6.07) is 18.5. The van der Waals surface area contributed by atoms with Crippen molar-refractivity contribution < 1.29 is 14.3 Å². The summed E-state index contributed by atoms with van der Waals surface area (Å²) in [5, 5.41) is 4.45. The summed E-state index contributed by atoms with van der Waals surface area (Å²) >= 11 is 0. The van der Waals surface area contributed by atoms with Gasteiger partial charge in [-0.1, -0.05) is 36.4 Å². The van der Waals surface area contributed by atoms with Gasteiger partial charge in [0.15, 0.2) is 0 Å². The van der Waals surface area contributed by atoms with Crippen molar-refractivity contribution in [3.8, 4) is 0 Å². The van der Waals surface area contributed by atoms with Crippen LogP contribution in [-0.2, 0) is 9.53 Å². The topological polar surface area (TPSA) is 71.0 Å². The van der Waals surface area contributed by atoms with Gasteiger partial charge in [-0.05, 0) is 38.1 Å². The van der Waals surface area contributed by atoms with Crippen LogP contribution in [0.2, 0.25) is 0 Å². The van der Waals surface area contributed by atoms with Gasteiger partial charge in [0.05, 0.1) is 24.6 Å². The molecule has 1 fully saturated rings. The Balaban J connectivity index is 1.86. The zero-order valence-electron chi connectivity index (χ0n) is 15.5. The minimum absolute atomic E-state index is 0.129. The number of amides is 1. The number of hydrogen-bond donors (Lipinski definition) is 1. The maximum atomic E-state index is 12.8. The maximum absolute atomic E-state index is 12.8. The van der Waals surface area contributed by atoms with Crippen LogP contribution in [0.25, 0.3) is 0 Å². The second-order valence-corrected chi connectivity index (χ2v) is 6.62. The second-order valence-electron chi connectivity index (χ2n) is 6.62. The molecule has 0 bridgehead atoms. The number of carbonyl (C=O) groups excluding carboxylic acids is 2. The van der Waals surface area contributed by atoms with E-state index in [1.165, 1.54) is 0 Å². The fourth-order valence-corrected chi connectivity index (χ4v) is 3.07. The van der Waals surface area contributed by atoms with Crippen molar-refractivity contribution in [1.82, 2.24) is 4.90 Å². The molecule has 0 aromatic heterocycles. The number of nitrogens with zero attached hydrogens (tertiary/aromatic N) is 2. The Morgan fingerprint density at radius 2 is 1.74 bits per heavy atom. The molecule has 2 aromatic rings. The van der Waals surface area contributed by atoms with Gasteiger partial charge >= 0.3 is 5.97 Å². The summed E-state index contributed by atoms with van der Waals surface area (Å²) in [7, 11) is 0. The van der Waals surface area contributed by atoms with Crippen molar-refractivity contribution in [2.75, 3.05) is 25.1 Å². The van der Waals surface area contributed by atoms with Gasteiger partial charge in [-0.2, -0.15) is 5.10 Å². The van der Waals surface area contributed by atoms with Gasteiger partial charge in [0.1, 0.15) is 5.41 Å². The van der Waals surface area contributed by atoms with E-state index >= 15 is 0 Å². The maximum Gasteiger partial charge on any atom is 0.319 e. The second kappa shape index (κ2) is 8.03. The van der Waals surface area contributed by atoms with Crippen LogP contribution in [0.3, 0.4) is 0 Å². The lowest BCUT2D eigenvalue weighted by atomic mass is 9.88. The van der Waals surface area contributed by atoms with Crippen LogP contribution in [0.4, 0.5) is 5.69 Å². The Labute approximate surface area is 158 Å². The van der Waals surface area contributed by atoms with Crippen LogP contribution in [0.5, 0.6) is 0 Å². The lowest BCUT2D eigenvalue weighted by Gasteiger charge is -2.22. The Morgan fingerprint density at radius 1 is 1.11 bits per heavy atom. The quantitative estimate of drug-likeness (QED) is 0.653. The number of likely N-dealkylation sites (tertiary alicyclic amines) is 1. The lowest BCUT2D eigenvalue weighted by Crippen LogP contribution is -2.39. The third-order valence-electron chi connectivity index (χ3n) is 4.61. The van der Waals surface area contributed by atoms with Crippen molar-refractivity contribution >= 4 is 23.3 Å². The number of esters is 1. The van der Waals surface area contributed by atoms with E-state index < -0.39 is 5.41 Å². The van der Waals surface area contributed by atoms with Crippen LogP contribution in [-0.4, -0.2) is 42.2 Å². The number of hydrogen-bond acceptors (Lipinski definition) is 5. The summed E-state index contributed by atoms with van der Waals surface area (Å²) in [5.41, 5.74) is 3.97. The minimum Gasteiger partial charge on any atom is -0.465 e. The first-order chi connectivity index (χ1) is 13.0. The van der Waals surface area contributed by atoms with E-state index in [0.29, 0.717) is 11.3 Å². The van der Waals surface area contributed by atoms with E-state index in [4.69, 9.17) is 4.74 Å². The normalized spacial score (nSPS) is 20.5. The third-order valence-corrected chi connectivity index (χ3v) is 4.61.